The van der Waals surface area contributed by atoms with E-state index < -0.39 is 5.97 Å². The van der Waals surface area contributed by atoms with Gasteiger partial charge < -0.3 is 9.84 Å². The maximum Gasteiger partial charge on any atom is 0.336 e. The summed E-state index contributed by atoms with van der Waals surface area (Å²) in [5, 5.41) is 9.16. The highest BCUT2D eigenvalue weighted by atomic mass is 16.5. The zero-order valence-electron chi connectivity index (χ0n) is 11.1. The standard InChI is InChI=1S/C16H18O3/c1-2-13-14(16(17)18)9-6-10-15(13)19-11-12-7-4-3-5-8-12/h4,6-10H,2-3,5,11H2,1H3,(H,17,18). The molecule has 0 aliphatic heterocycles. The van der Waals surface area contributed by atoms with Crippen molar-refractivity contribution in [1.29, 1.82) is 0 Å². The Hall–Kier alpha value is -2.03. The summed E-state index contributed by atoms with van der Waals surface area (Å²) in [4.78, 5) is 11.2. The van der Waals surface area contributed by atoms with Crippen LogP contribution in [0.4, 0.5) is 0 Å². The number of carboxylic acids is 1. The highest BCUT2D eigenvalue weighted by Crippen LogP contribution is 2.24. The zero-order chi connectivity index (χ0) is 13.7. The summed E-state index contributed by atoms with van der Waals surface area (Å²) in [6.45, 7) is 2.43. The van der Waals surface area contributed by atoms with Crippen molar-refractivity contribution < 1.29 is 14.6 Å². The molecule has 19 heavy (non-hydrogen) atoms. The number of aromatic carboxylic acids is 1. The summed E-state index contributed by atoms with van der Waals surface area (Å²) in [5.74, 6) is -0.235. The van der Waals surface area contributed by atoms with Crippen molar-refractivity contribution in [2.45, 2.75) is 26.2 Å². The van der Waals surface area contributed by atoms with Crippen molar-refractivity contribution in [3.05, 3.63) is 53.1 Å². The minimum atomic E-state index is -0.904. The van der Waals surface area contributed by atoms with E-state index in [0.29, 0.717) is 24.3 Å². The summed E-state index contributed by atoms with van der Waals surface area (Å²) in [7, 11) is 0. The van der Waals surface area contributed by atoms with E-state index in [-0.39, 0.29) is 0 Å². The Morgan fingerprint density at radius 3 is 2.84 bits per heavy atom. The zero-order valence-corrected chi connectivity index (χ0v) is 11.1. The Bertz CT molecular complexity index is 527. The molecule has 0 unspecified atom stereocenters. The molecular weight excluding hydrogens is 240 g/mol. The van der Waals surface area contributed by atoms with Crippen LogP contribution in [-0.2, 0) is 6.42 Å². The lowest BCUT2D eigenvalue weighted by Gasteiger charge is -2.14. The Morgan fingerprint density at radius 2 is 2.21 bits per heavy atom. The van der Waals surface area contributed by atoms with Gasteiger partial charge in [0.1, 0.15) is 12.4 Å². The molecular formula is C16H18O3. The third-order valence-corrected chi connectivity index (χ3v) is 3.18. The van der Waals surface area contributed by atoms with Gasteiger partial charge in [0.05, 0.1) is 5.56 Å². The summed E-state index contributed by atoms with van der Waals surface area (Å²) in [6.07, 6.45) is 9.13. The van der Waals surface area contributed by atoms with Crippen LogP contribution in [0, 0.1) is 0 Å². The topological polar surface area (TPSA) is 46.5 Å². The minimum Gasteiger partial charge on any atom is -0.489 e. The van der Waals surface area contributed by atoms with Crippen LogP contribution in [0.3, 0.4) is 0 Å². The van der Waals surface area contributed by atoms with Crippen LogP contribution < -0.4 is 4.74 Å². The van der Waals surface area contributed by atoms with Gasteiger partial charge in [0.2, 0.25) is 0 Å². The lowest BCUT2D eigenvalue weighted by Crippen LogP contribution is -2.07. The quantitative estimate of drug-likeness (QED) is 0.877. The predicted molar refractivity (Wildman–Crippen MR) is 74.7 cm³/mol. The molecule has 0 aromatic heterocycles. The summed E-state index contributed by atoms with van der Waals surface area (Å²) >= 11 is 0. The van der Waals surface area contributed by atoms with E-state index in [4.69, 9.17) is 9.84 Å². The number of ether oxygens (including phenoxy) is 1. The molecule has 0 radical (unpaired) electrons. The fourth-order valence-electron chi connectivity index (χ4n) is 2.20. The van der Waals surface area contributed by atoms with Gasteiger partial charge in [-0.3, -0.25) is 0 Å². The first-order chi connectivity index (χ1) is 9.22. The van der Waals surface area contributed by atoms with Gasteiger partial charge in [0.25, 0.3) is 0 Å². The minimum absolute atomic E-state index is 0.327. The van der Waals surface area contributed by atoms with Gasteiger partial charge in [-0.05, 0) is 37.0 Å². The number of hydrogen-bond acceptors (Lipinski definition) is 2. The van der Waals surface area contributed by atoms with Gasteiger partial charge in [-0.2, -0.15) is 0 Å². The summed E-state index contributed by atoms with van der Waals surface area (Å²) < 4.78 is 5.78. The molecule has 100 valence electrons. The number of rotatable bonds is 5. The van der Waals surface area contributed by atoms with Crippen molar-refractivity contribution in [2.24, 2.45) is 0 Å². The van der Waals surface area contributed by atoms with Gasteiger partial charge in [-0.1, -0.05) is 31.2 Å². The van der Waals surface area contributed by atoms with Crippen LogP contribution in [0.1, 0.15) is 35.7 Å². The first-order valence-corrected chi connectivity index (χ1v) is 6.56. The third kappa shape index (κ3) is 3.25. The van der Waals surface area contributed by atoms with Crippen molar-refractivity contribution in [1.82, 2.24) is 0 Å². The smallest absolute Gasteiger partial charge is 0.336 e. The first-order valence-electron chi connectivity index (χ1n) is 6.56. The molecule has 0 spiro atoms. The molecule has 0 atom stereocenters. The number of allylic oxidation sites excluding steroid dienone is 2. The molecule has 0 amide bonds. The molecule has 0 saturated carbocycles. The third-order valence-electron chi connectivity index (χ3n) is 3.18. The summed E-state index contributed by atoms with van der Waals surface area (Å²) in [6, 6.07) is 5.18. The number of carbonyl (C=O) groups is 1. The molecule has 1 N–H and O–H groups in total. The van der Waals surface area contributed by atoms with Crippen LogP contribution >= 0.6 is 0 Å². The molecule has 3 nitrogen and oxygen atoms in total. The molecule has 2 rings (SSSR count). The monoisotopic (exact) mass is 258 g/mol. The molecule has 0 bridgehead atoms. The Kier molecular flexibility index (Phi) is 4.39. The van der Waals surface area contributed by atoms with Crippen molar-refractivity contribution >= 4 is 5.97 Å². The molecule has 1 aliphatic carbocycles. The number of benzene rings is 1. The van der Waals surface area contributed by atoms with E-state index in [1.165, 1.54) is 0 Å². The lowest BCUT2D eigenvalue weighted by molar-refractivity contribution is 0.0695. The molecule has 0 fully saturated rings. The molecule has 3 heteroatoms. The van der Waals surface area contributed by atoms with Crippen molar-refractivity contribution in [2.75, 3.05) is 6.61 Å². The average molecular weight is 258 g/mol. The van der Waals surface area contributed by atoms with Crippen molar-refractivity contribution in [3.8, 4) is 5.75 Å². The maximum absolute atomic E-state index is 11.2. The maximum atomic E-state index is 11.2. The van der Waals surface area contributed by atoms with E-state index in [0.717, 1.165) is 24.0 Å². The van der Waals surface area contributed by atoms with E-state index >= 15 is 0 Å². The molecule has 1 aromatic carbocycles. The first kappa shape index (κ1) is 13.4. The largest absolute Gasteiger partial charge is 0.489 e. The lowest BCUT2D eigenvalue weighted by atomic mass is 10.0. The van der Waals surface area contributed by atoms with Crippen LogP contribution in [0.15, 0.2) is 42.0 Å². The van der Waals surface area contributed by atoms with Crippen molar-refractivity contribution in [3.63, 3.8) is 0 Å². The van der Waals surface area contributed by atoms with E-state index in [2.05, 4.69) is 18.2 Å². The van der Waals surface area contributed by atoms with Gasteiger partial charge in [-0.15, -0.1) is 0 Å². The molecule has 1 aromatic rings. The van der Waals surface area contributed by atoms with Crippen LogP contribution in [0.25, 0.3) is 0 Å². The van der Waals surface area contributed by atoms with Crippen LogP contribution in [0.5, 0.6) is 5.75 Å². The van der Waals surface area contributed by atoms with Crippen LogP contribution in [-0.4, -0.2) is 17.7 Å². The Labute approximate surface area is 113 Å². The molecule has 0 heterocycles. The Balaban J connectivity index is 2.15. The van der Waals surface area contributed by atoms with E-state index in [1.807, 2.05) is 13.0 Å². The van der Waals surface area contributed by atoms with Gasteiger partial charge in [-0.25, -0.2) is 4.79 Å². The normalized spacial score (nSPS) is 14.1. The van der Waals surface area contributed by atoms with Gasteiger partial charge in [0.15, 0.2) is 0 Å². The number of hydrogen-bond donors (Lipinski definition) is 1. The highest BCUT2D eigenvalue weighted by molar-refractivity contribution is 5.90. The van der Waals surface area contributed by atoms with Gasteiger partial charge >= 0.3 is 5.97 Å². The molecule has 1 aliphatic rings. The van der Waals surface area contributed by atoms with Gasteiger partial charge in [0, 0.05) is 5.56 Å². The highest BCUT2D eigenvalue weighted by Gasteiger charge is 2.13. The fraction of sp³-hybridized carbons (Fsp3) is 0.312. The second kappa shape index (κ2) is 6.23. The van der Waals surface area contributed by atoms with E-state index in [1.54, 1.807) is 12.1 Å². The SMILES string of the molecule is CCc1c(OCC2=CCCC=C2)cccc1C(=O)O. The van der Waals surface area contributed by atoms with E-state index in [9.17, 15) is 4.79 Å². The fourth-order valence-corrected chi connectivity index (χ4v) is 2.20. The second-order valence-corrected chi connectivity index (χ2v) is 4.49. The summed E-state index contributed by atoms with van der Waals surface area (Å²) in [5.41, 5.74) is 2.23. The predicted octanol–water partition coefficient (Wildman–Crippen LogP) is 3.60. The number of carboxylic acid groups (broad SMARTS) is 1. The Morgan fingerprint density at radius 1 is 1.37 bits per heavy atom. The second-order valence-electron chi connectivity index (χ2n) is 4.49. The van der Waals surface area contributed by atoms with Crippen LogP contribution in [0.2, 0.25) is 0 Å². The average Bonchev–Trinajstić information content (AvgIpc) is 2.45. The molecule has 0 saturated heterocycles.